The van der Waals surface area contributed by atoms with E-state index in [1.807, 2.05) is 29.5 Å². The van der Waals surface area contributed by atoms with Crippen LogP contribution in [-0.2, 0) is 11.2 Å². The number of halogens is 2. The summed E-state index contributed by atoms with van der Waals surface area (Å²) in [5.41, 5.74) is 4.04. The molecule has 0 aliphatic rings. The Bertz CT molecular complexity index is 748. The third-order valence-electron chi connectivity index (χ3n) is 3.03. The van der Waals surface area contributed by atoms with Crippen LogP contribution in [0.2, 0.25) is 5.02 Å². The quantitative estimate of drug-likeness (QED) is 0.394. The lowest BCUT2D eigenvalue weighted by Gasteiger charge is -2.08. The molecule has 1 amide bonds. The predicted molar refractivity (Wildman–Crippen MR) is 103 cm³/mol. The molecular formula is C17H16ClIN2O3. The molecule has 24 heavy (non-hydrogen) atoms. The molecule has 2 aromatic rings. The Morgan fingerprint density at radius 3 is 2.75 bits per heavy atom. The highest BCUT2D eigenvalue weighted by molar-refractivity contribution is 14.1. The number of ether oxygens (including phenoxy) is 1. The number of rotatable bonds is 6. The van der Waals surface area contributed by atoms with Crippen LogP contribution >= 0.6 is 34.2 Å². The van der Waals surface area contributed by atoms with E-state index in [0.717, 1.165) is 5.56 Å². The molecule has 2 rings (SSSR count). The largest absolute Gasteiger partial charge is 0.504 e. The van der Waals surface area contributed by atoms with E-state index in [2.05, 4.69) is 10.5 Å². The summed E-state index contributed by atoms with van der Waals surface area (Å²) in [7, 11) is 0. The summed E-state index contributed by atoms with van der Waals surface area (Å²) < 4.78 is 6.01. The Balaban J connectivity index is 1.98. The van der Waals surface area contributed by atoms with Crippen molar-refractivity contribution in [2.24, 2.45) is 5.10 Å². The lowest BCUT2D eigenvalue weighted by molar-refractivity contribution is -0.120. The molecule has 0 aromatic heterocycles. The third-order valence-corrected chi connectivity index (χ3v) is 4.11. The fourth-order valence-electron chi connectivity index (χ4n) is 1.94. The van der Waals surface area contributed by atoms with E-state index >= 15 is 0 Å². The maximum absolute atomic E-state index is 11.9. The number of benzene rings is 2. The summed E-state index contributed by atoms with van der Waals surface area (Å²) in [5.74, 6) is 0.256. The Labute approximate surface area is 158 Å². The van der Waals surface area contributed by atoms with Crippen molar-refractivity contribution in [1.82, 2.24) is 5.43 Å². The summed E-state index contributed by atoms with van der Waals surface area (Å²) in [6.45, 7) is 2.28. The minimum atomic E-state index is -0.230. The smallest absolute Gasteiger partial charge is 0.244 e. The van der Waals surface area contributed by atoms with Gasteiger partial charge in [-0.2, -0.15) is 5.10 Å². The molecule has 126 valence electrons. The van der Waals surface area contributed by atoms with Crippen molar-refractivity contribution >= 4 is 46.3 Å². The van der Waals surface area contributed by atoms with E-state index in [0.29, 0.717) is 26.5 Å². The molecule has 0 aliphatic carbocycles. The number of hydrogen-bond donors (Lipinski definition) is 2. The van der Waals surface area contributed by atoms with Crippen molar-refractivity contribution in [2.45, 2.75) is 13.3 Å². The van der Waals surface area contributed by atoms with Gasteiger partial charge in [-0.15, -0.1) is 0 Å². The number of carbonyl (C=O) groups is 1. The highest BCUT2D eigenvalue weighted by Crippen LogP contribution is 2.32. The Morgan fingerprint density at radius 1 is 1.38 bits per heavy atom. The van der Waals surface area contributed by atoms with E-state index in [4.69, 9.17) is 16.3 Å². The number of carbonyl (C=O) groups excluding carboxylic acids is 1. The Kier molecular flexibility index (Phi) is 6.86. The molecule has 0 radical (unpaired) electrons. The van der Waals surface area contributed by atoms with Gasteiger partial charge in [-0.25, -0.2) is 5.43 Å². The average molecular weight is 459 g/mol. The monoisotopic (exact) mass is 458 g/mol. The van der Waals surface area contributed by atoms with Gasteiger partial charge in [0.15, 0.2) is 11.5 Å². The topological polar surface area (TPSA) is 70.9 Å². The number of nitrogens with one attached hydrogen (secondary N) is 1. The fourth-order valence-corrected chi connectivity index (χ4v) is 2.69. The Morgan fingerprint density at radius 2 is 2.08 bits per heavy atom. The number of phenolic OH excluding ortho intramolecular Hbond substituents is 1. The summed E-state index contributed by atoms with van der Waals surface area (Å²) in [6.07, 6.45) is 1.72. The van der Waals surface area contributed by atoms with Crippen LogP contribution in [0.5, 0.6) is 11.5 Å². The van der Waals surface area contributed by atoms with Gasteiger partial charge in [-0.05, 0) is 64.9 Å². The molecule has 0 saturated carbocycles. The third kappa shape index (κ3) is 5.38. The number of amides is 1. The molecule has 0 saturated heterocycles. The maximum Gasteiger partial charge on any atom is 0.244 e. The summed E-state index contributed by atoms with van der Waals surface area (Å²) in [5, 5.41) is 14.5. The highest BCUT2D eigenvalue weighted by atomic mass is 127. The first kappa shape index (κ1) is 18.5. The molecule has 2 N–H and O–H groups in total. The molecule has 0 aliphatic heterocycles. The number of hydrazone groups is 1. The van der Waals surface area contributed by atoms with Crippen molar-refractivity contribution in [2.75, 3.05) is 6.61 Å². The molecule has 7 heteroatoms. The van der Waals surface area contributed by atoms with Crippen LogP contribution in [-0.4, -0.2) is 23.8 Å². The first-order valence-electron chi connectivity index (χ1n) is 7.21. The van der Waals surface area contributed by atoms with E-state index in [9.17, 15) is 9.90 Å². The molecule has 5 nitrogen and oxygen atoms in total. The van der Waals surface area contributed by atoms with Crippen LogP contribution in [0.1, 0.15) is 18.1 Å². The molecule has 0 heterocycles. The van der Waals surface area contributed by atoms with Gasteiger partial charge in [0, 0.05) is 5.02 Å². The number of aromatic hydroxyl groups is 1. The van der Waals surface area contributed by atoms with Gasteiger partial charge in [0.25, 0.3) is 0 Å². The van der Waals surface area contributed by atoms with Crippen molar-refractivity contribution in [3.8, 4) is 11.5 Å². The van der Waals surface area contributed by atoms with Crippen molar-refractivity contribution in [3.63, 3.8) is 0 Å². The van der Waals surface area contributed by atoms with Crippen LogP contribution in [0.3, 0.4) is 0 Å². The van der Waals surface area contributed by atoms with Crippen LogP contribution < -0.4 is 10.2 Å². The second-order valence-electron chi connectivity index (χ2n) is 4.88. The fraction of sp³-hybridized carbons (Fsp3) is 0.176. The van der Waals surface area contributed by atoms with Crippen LogP contribution in [0.25, 0.3) is 0 Å². The summed E-state index contributed by atoms with van der Waals surface area (Å²) in [6, 6.07) is 10.5. The zero-order chi connectivity index (χ0) is 17.5. The minimum Gasteiger partial charge on any atom is -0.504 e. The molecule has 0 fully saturated rings. The first-order valence-corrected chi connectivity index (χ1v) is 8.67. The van der Waals surface area contributed by atoms with Crippen LogP contribution in [0.4, 0.5) is 0 Å². The van der Waals surface area contributed by atoms with Crippen LogP contribution in [0.15, 0.2) is 41.5 Å². The highest BCUT2D eigenvalue weighted by Gasteiger charge is 2.08. The maximum atomic E-state index is 11.9. The molecule has 0 bridgehead atoms. The van der Waals surface area contributed by atoms with E-state index in [1.54, 1.807) is 36.4 Å². The predicted octanol–water partition coefficient (Wildman–Crippen LogP) is 3.74. The second kappa shape index (κ2) is 8.89. The molecule has 0 unspecified atom stereocenters. The van der Waals surface area contributed by atoms with Gasteiger partial charge < -0.3 is 9.84 Å². The number of hydrogen-bond acceptors (Lipinski definition) is 4. The van der Waals surface area contributed by atoms with Gasteiger partial charge in [-0.1, -0.05) is 23.7 Å². The van der Waals surface area contributed by atoms with E-state index < -0.39 is 0 Å². The SMILES string of the molecule is CCOc1cc(/C=N\NC(=O)Cc2ccc(Cl)cc2)cc(I)c1O. The van der Waals surface area contributed by atoms with Gasteiger partial charge >= 0.3 is 0 Å². The normalized spacial score (nSPS) is 10.8. The van der Waals surface area contributed by atoms with Gasteiger partial charge in [0.2, 0.25) is 5.91 Å². The van der Waals surface area contributed by atoms with Crippen LogP contribution in [0, 0.1) is 3.57 Å². The van der Waals surface area contributed by atoms with Crippen molar-refractivity contribution < 1.29 is 14.6 Å². The lowest BCUT2D eigenvalue weighted by atomic mass is 10.1. The molecule has 2 aromatic carbocycles. The average Bonchev–Trinajstić information content (AvgIpc) is 2.54. The molecule has 0 atom stereocenters. The molecule has 0 spiro atoms. The van der Waals surface area contributed by atoms with Crippen molar-refractivity contribution in [1.29, 1.82) is 0 Å². The number of nitrogens with zero attached hydrogens (tertiary/aromatic N) is 1. The van der Waals surface area contributed by atoms with Gasteiger partial charge in [-0.3, -0.25) is 4.79 Å². The summed E-state index contributed by atoms with van der Waals surface area (Å²) in [4.78, 5) is 11.9. The van der Waals surface area contributed by atoms with Gasteiger partial charge in [0.05, 0.1) is 22.8 Å². The molecular weight excluding hydrogens is 443 g/mol. The second-order valence-corrected chi connectivity index (χ2v) is 6.48. The van der Waals surface area contributed by atoms with E-state index in [1.165, 1.54) is 6.21 Å². The zero-order valence-electron chi connectivity index (χ0n) is 12.9. The van der Waals surface area contributed by atoms with Crippen molar-refractivity contribution in [3.05, 3.63) is 56.1 Å². The lowest BCUT2D eigenvalue weighted by Crippen LogP contribution is -2.19. The van der Waals surface area contributed by atoms with Gasteiger partial charge in [0.1, 0.15) is 0 Å². The number of phenols is 1. The van der Waals surface area contributed by atoms with E-state index in [-0.39, 0.29) is 18.1 Å². The Hall–Kier alpha value is -1.80. The standard InChI is InChI=1S/C17H16ClIN2O3/c1-2-24-15-8-12(7-14(19)17(15)23)10-20-21-16(22)9-11-3-5-13(18)6-4-11/h3-8,10,23H,2,9H2,1H3,(H,21,22)/b20-10-. The summed E-state index contributed by atoms with van der Waals surface area (Å²) >= 11 is 7.81. The zero-order valence-corrected chi connectivity index (χ0v) is 15.8. The minimum absolute atomic E-state index is 0.0985. The first-order chi connectivity index (χ1) is 11.5.